The second kappa shape index (κ2) is 9.00. The summed E-state index contributed by atoms with van der Waals surface area (Å²) in [5.41, 5.74) is 5.84. The summed E-state index contributed by atoms with van der Waals surface area (Å²) in [6.07, 6.45) is 3.77. The number of hydrogen-bond acceptors (Lipinski definition) is 2. The van der Waals surface area contributed by atoms with Gasteiger partial charge >= 0.3 is 0 Å². The van der Waals surface area contributed by atoms with Crippen LogP contribution < -0.4 is 5.73 Å². The molecule has 0 radical (unpaired) electrons. The fourth-order valence-electron chi connectivity index (χ4n) is 2.26. The number of nitrogens with zero attached hydrogens (tertiary/aromatic N) is 1. The lowest BCUT2D eigenvalue weighted by atomic mass is 9.94. The van der Waals surface area contributed by atoms with E-state index < -0.39 is 0 Å². The Morgan fingerprint density at radius 1 is 1.06 bits per heavy atom. The monoisotopic (exact) mass is 228 g/mol. The molecule has 0 bridgehead atoms. The van der Waals surface area contributed by atoms with Gasteiger partial charge in [0.1, 0.15) is 0 Å². The summed E-state index contributed by atoms with van der Waals surface area (Å²) in [4.78, 5) is 2.57. The lowest BCUT2D eigenvalue weighted by molar-refractivity contribution is 0.201. The molecule has 0 rings (SSSR count). The minimum absolute atomic E-state index is 0.664. The quantitative estimate of drug-likeness (QED) is 0.657. The molecule has 98 valence electrons. The molecule has 0 aromatic carbocycles. The first-order valence-corrected chi connectivity index (χ1v) is 6.95. The molecule has 0 heterocycles. The highest BCUT2D eigenvalue weighted by atomic mass is 15.1. The maximum atomic E-state index is 5.84. The molecule has 0 aliphatic rings. The Hall–Kier alpha value is -0.0800. The Bertz CT molecular complexity index is 155. The van der Waals surface area contributed by atoms with Gasteiger partial charge in [-0.1, -0.05) is 20.8 Å². The van der Waals surface area contributed by atoms with E-state index in [1.54, 1.807) is 0 Å². The van der Waals surface area contributed by atoms with Crippen molar-refractivity contribution in [1.29, 1.82) is 0 Å². The summed E-state index contributed by atoms with van der Waals surface area (Å²) in [5, 5.41) is 0. The van der Waals surface area contributed by atoms with Gasteiger partial charge in [0.05, 0.1) is 0 Å². The molecular weight excluding hydrogens is 196 g/mol. The number of rotatable bonds is 9. The first-order valence-electron chi connectivity index (χ1n) is 6.95. The second-order valence-electron chi connectivity index (χ2n) is 5.65. The number of hydrogen-bond donors (Lipinski definition) is 1. The zero-order valence-corrected chi connectivity index (χ0v) is 12.0. The molecule has 0 saturated carbocycles. The smallest absolute Gasteiger partial charge is 0.00385 e. The Morgan fingerprint density at radius 2 is 1.69 bits per heavy atom. The molecule has 2 nitrogen and oxygen atoms in total. The van der Waals surface area contributed by atoms with Gasteiger partial charge in [-0.05, 0) is 64.6 Å². The summed E-state index contributed by atoms with van der Waals surface area (Å²) in [6.45, 7) is 14.7. The van der Waals surface area contributed by atoms with E-state index in [0.29, 0.717) is 12.0 Å². The van der Waals surface area contributed by atoms with Gasteiger partial charge in [0.15, 0.2) is 0 Å². The molecule has 2 N–H and O–H groups in total. The zero-order valence-electron chi connectivity index (χ0n) is 12.0. The maximum absolute atomic E-state index is 5.84. The van der Waals surface area contributed by atoms with E-state index in [4.69, 9.17) is 5.73 Å². The Kier molecular flexibility index (Phi) is 8.96. The molecule has 0 saturated heterocycles. The fourth-order valence-corrected chi connectivity index (χ4v) is 2.26. The van der Waals surface area contributed by atoms with Gasteiger partial charge in [-0.15, -0.1) is 0 Å². The average Bonchev–Trinajstić information content (AvgIpc) is 2.21. The third-order valence-electron chi connectivity index (χ3n) is 3.20. The number of nitrogens with two attached hydrogens (primary N) is 1. The van der Waals surface area contributed by atoms with Crippen molar-refractivity contribution in [3.05, 3.63) is 0 Å². The van der Waals surface area contributed by atoms with Crippen LogP contribution in [0.4, 0.5) is 0 Å². The predicted octanol–water partition coefficient (Wildman–Crippen LogP) is 3.12. The molecule has 0 aliphatic carbocycles. The Balaban J connectivity index is 3.95. The van der Waals surface area contributed by atoms with Gasteiger partial charge in [-0.3, -0.25) is 0 Å². The Morgan fingerprint density at radius 3 is 2.06 bits per heavy atom. The lowest BCUT2D eigenvalue weighted by Gasteiger charge is -2.28. The van der Waals surface area contributed by atoms with Gasteiger partial charge in [0, 0.05) is 6.04 Å². The molecule has 0 spiro atoms. The summed E-state index contributed by atoms with van der Waals surface area (Å²) in [7, 11) is 0. The van der Waals surface area contributed by atoms with E-state index in [1.165, 1.54) is 32.4 Å². The average molecular weight is 228 g/mol. The SMILES string of the molecule is CCCN(CCC(CN)CC(C)C)C(C)C. The van der Waals surface area contributed by atoms with E-state index in [2.05, 4.69) is 39.5 Å². The van der Waals surface area contributed by atoms with Crippen molar-refractivity contribution in [3.8, 4) is 0 Å². The highest BCUT2D eigenvalue weighted by Gasteiger charge is 2.13. The van der Waals surface area contributed by atoms with Crippen LogP contribution in [0.3, 0.4) is 0 Å². The molecule has 0 aromatic heterocycles. The molecule has 1 unspecified atom stereocenters. The van der Waals surface area contributed by atoms with Crippen LogP contribution in [-0.2, 0) is 0 Å². The van der Waals surface area contributed by atoms with E-state index in [-0.39, 0.29) is 0 Å². The van der Waals surface area contributed by atoms with Crippen molar-refractivity contribution in [2.75, 3.05) is 19.6 Å². The normalized spacial score (nSPS) is 14.1. The van der Waals surface area contributed by atoms with E-state index in [9.17, 15) is 0 Å². The highest BCUT2D eigenvalue weighted by molar-refractivity contribution is 4.68. The topological polar surface area (TPSA) is 29.3 Å². The first kappa shape index (κ1) is 15.9. The fraction of sp³-hybridized carbons (Fsp3) is 1.00. The summed E-state index contributed by atoms with van der Waals surface area (Å²) >= 11 is 0. The summed E-state index contributed by atoms with van der Waals surface area (Å²) in [6, 6.07) is 0.664. The third kappa shape index (κ3) is 7.24. The maximum Gasteiger partial charge on any atom is 0.00385 e. The molecule has 0 amide bonds. The van der Waals surface area contributed by atoms with Crippen LogP contribution in [0.2, 0.25) is 0 Å². The van der Waals surface area contributed by atoms with E-state index >= 15 is 0 Å². The van der Waals surface area contributed by atoms with Crippen LogP contribution in [-0.4, -0.2) is 30.6 Å². The van der Waals surface area contributed by atoms with Gasteiger partial charge in [-0.25, -0.2) is 0 Å². The van der Waals surface area contributed by atoms with Crippen molar-refractivity contribution in [2.24, 2.45) is 17.6 Å². The van der Waals surface area contributed by atoms with Gasteiger partial charge < -0.3 is 10.6 Å². The van der Waals surface area contributed by atoms with Gasteiger partial charge in [-0.2, -0.15) is 0 Å². The summed E-state index contributed by atoms with van der Waals surface area (Å²) < 4.78 is 0. The Labute approximate surface area is 103 Å². The minimum Gasteiger partial charge on any atom is -0.330 e. The van der Waals surface area contributed by atoms with Crippen LogP contribution >= 0.6 is 0 Å². The lowest BCUT2D eigenvalue weighted by Crippen LogP contribution is -2.34. The second-order valence-corrected chi connectivity index (χ2v) is 5.65. The molecular formula is C14H32N2. The first-order chi connectivity index (χ1) is 7.51. The molecule has 0 aliphatic heterocycles. The van der Waals surface area contributed by atoms with E-state index in [0.717, 1.165) is 12.5 Å². The van der Waals surface area contributed by atoms with Crippen molar-refractivity contribution in [1.82, 2.24) is 4.90 Å². The molecule has 16 heavy (non-hydrogen) atoms. The van der Waals surface area contributed by atoms with Crippen LogP contribution in [0.1, 0.15) is 53.9 Å². The predicted molar refractivity (Wildman–Crippen MR) is 73.6 cm³/mol. The largest absolute Gasteiger partial charge is 0.330 e. The minimum atomic E-state index is 0.664. The van der Waals surface area contributed by atoms with Gasteiger partial charge in [0.25, 0.3) is 0 Å². The van der Waals surface area contributed by atoms with Crippen LogP contribution in [0, 0.1) is 11.8 Å². The third-order valence-corrected chi connectivity index (χ3v) is 3.20. The molecule has 2 heteroatoms. The van der Waals surface area contributed by atoms with Gasteiger partial charge in [0.2, 0.25) is 0 Å². The standard InChI is InChI=1S/C14H32N2/c1-6-8-16(13(4)5)9-7-14(11-15)10-12(2)3/h12-14H,6-11,15H2,1-5H3. The van der Waals surface area contributed by atoms with E-state index in [1.807, 2.05) is 0 Å². The molecule has 0 aromatic rings. The van der Waals surface area contributed by atoms with Crippen molar-refractivity contribution >= 4 is 0 Å². The molecule has 1 atom stereocenters. The van der Waals surface area contributed by atoms with Crippen LogP contribution in [0.25, 0.3) is 0 Å². The molecule has 0 fully saturated rings. The highest BCUT2D eigenvalue weighted by Crippen LogP contribution is 2.15. The zero-order chi connectivity index (χ0) is 12.6. The van der Waals surface area contributed by atoms with Crippen molar-refractivity contribution in [2.45, 2.75) is 59.9 Å². The van der Waals surface area contributed by atoms with Crippen molar-refractivity contribution in [3.63, 3.8) is 0 Å². The van der Waals surface area contributed by atoms with Crippen LogP contribution in [0.15, 0.2) is 0 Å². The van der Waals surface area contributed by atoms with Crippen LogP contribution in [0.5, 0.6) is 0 Å². The summed E-state index contributed by atoms with van der Waals surface area (Å²) in [5.74, 6) is 1.48. The van der Waals surface area contributed by atoms with Crippen molar-refractivity contribution < 1.29 is 0 Å².